The Bertz CT molecular complexity index is 523. The van der Waals surface area contributed by atoms with Crippen LogP contribution in [0.3, 0.4) is 0 Å². The lowest BCUT2D eigenvalue weighted by Gasteiger charge is -2.57. The van der Waals surface area contributed by atoms with Gasteiger partial charge in [-0.15, -0.1) is 0 Å². The van der Waals surface area contributed by atoms with Crippen LogP contribution in [0, 0.1) is 41.4 Å². The molecule has 0 aromatic carbocycles. The normalized spacial score (nSPS) is 38.4. The molecule has 0 saturated heterocycles. The maximum atomic E-state index is 4.14. The first kappa shape index (κ1) is 15.4. The van der Waals surface area contributed by atoms with Crippen LogP contribution in [0.4, 0.5) is 0 Å². The standard InChI is InChI=1S/C23H32N/c1(17-6-9-24-10-7-17)2-22(21-3-4-21)5-8-23-14-18-11-19(15-23)13-20(12-18)16-23/h1,6-7,9-10,18-22H,2-5,8,11-16H2. The fourth-order valence-electron chi connectivity index (χ4n) is 6.99. The first-order chi connectivity index (χ1) is 11.8. The highest BCUT2D eigenvalue weighted by Gasteiger charge is 2.50. The molecule has 5 fully saturated rings. The van der Waals surface area contributed by atoms with Gasteiger partial charge < -0.3 is 0 Å². The molecule has 1 radical (unpaired) electrons. The molecule has 1 nitrogen and oxygen atoms in total. The molecule has 1 unspecified atom stereocenters. The summed E-state index contributed by atoms with van der Waals surface area (Å²) in [6.07, 6.45) is 23.2. The van der Waals surface area contributed by atoms with Gasteiger partial charge >= 0.3 is 0 Å². The zero-order valence-corrected chi connectivity index (χ0v) is 15.0. The topological polar surface area (TPSA) is 12.9 Å². The summed E-state index contributed by atoms with van der Waals surface area (Å²) in [5.41, 5.74) is 2.14. The highest BCUT2D eigenvalue weighted by atomic mass is 14.6. The Morgan fingerprint density at radius 2 is 1.62 bits per heavy atom. The number of rotatable bonds is 7. The van der Waals surface area contributed by atoms with Crippen LogP contribution in [0.1, 0.15) is 76.2 Å². The summed E-state index contributed by atoms with van der Waals surface area (Å²) >= 11 is 0. The van der Waals surface area contributed by atoms with Gasteiger partial charge in [-0.05, 0) is 130 Å². The van der Waals surface area contributed by atoms with E-state index in [-0.39, 0.29) is 0 Å². The smallest absolute Gasteiger partial charge is 0.0270 e. The van der Waals surface area contributed by atoms with E-state index in [1.807, 2.05) is 12.4 Å². The lowest BCUT2D eigenvalue weighted by Crippen LogP contribution is -2.46. The predicted molar refractivity (Wildman–Crippen MR) is 98.3 cm³/mol. The molecular weight excluding hydrogens is 290 g/mol. The summed E-state index contributed by atoms with van der Waals surface area (Å²) in [6.45, 7) is 0. The Kier molecular flexibility index (Phi) is 3.95. The van der Waals surface area contributed by atoms with E-state index in [4.69, 9.17) is 0 Å². The maximum Gasteiger partial charge on any atom is 0.0270 e. The van der Waals surface area contributed by atoms with Crippen molar-refractivity contribution < 1.29 is 0 Å². The van der Waals surface area contributed by atoms with E-state index < -0.39 is 0 Å². The minimum atomic E-state index is 0.776. The molecule has 1 heterocycles. The van der Waals surface area contributed by atoms with Gasteiger partial charge in [0.1, 0.15) is 0 Å². The van der Waals surface area contributed by atoms with E-state index in [2.05, 4.69) is 23.5 Å². The van der Waals surface area contributed by atoms with E-state index in [0.29, 0.717) is 0 Å². The van der Waals surface area contributed by atoms with Gasteiger partial charge in [-0.1, -0.05) is 0 Å². The van der Waals surface area contributed by atoms with Crippen molar-refractivity contribution in [1.29, 1.82) is 0 Å². The average Bonchev–Trinajstić information content (AvgIpc) is 3.39. The third kappa shape index (κ3) is 3.16. The maximum absolute atomic E-state index is 4.14. The minimum absolute atomic E-state index is 0.776. The Morgan fingerprint density at radius 1 is 1.00 bits per heavy atom. The Hall–Kier alpha value is -0.850. The lowest BCUT2D eigenvalue weighted by atomic mass is 9.48. The van der Waals surface area contributed by atoms with Crippen LogP contribution in [-0.4, -0.2) is 4.98 Å². The zero-order valence-electron chi connectivity index (χ0n) is 15.0. The largest absolute Gasteiger partial charge is 0.265 e. The highest BCUT2D eigenvalue weighted by molar-refractivity contribution is 5.19. The summed E-state index contributed by atoms with van der Waals surface area (Å²) in [4.78, 5) is 4.14. The predicted octanol–water partition coefficient (Wildman–Crippen LogP) is 6.05. The molecule has 0 N–H and O–H groups in total. The van der Waals surface area contributed by atoms with Crippen LogP contribution in [0.15, 0.2) is 24.5 Å². The van der Waals surface area contributed by atoms with Crippen molar-refractivity contribution in [3.63, 3.8) is 0 Å². The molecule has 1 aromatic rings. The molecule has 0 aliphatic heterocycles. The molecule has 5 aliphatic rings. The molecule has 4 bridgehead atoms. The summed E-state index contributed by atoms with van der Waals surface area (Å²) in [7, 11) is 0. The molecule has 129 valence electrons. The second-order valence-corrected chi connectivity index (χ2v) is 9.77. The fraction of sp³-hybridized carbons (Fsp3) is 0.739. The van der Waals surface area contributed by atoms with Crippen LogP contribution >= 0.6 is 0 Å². The first-order valence-corrected chi connectivity index (χ1v) is 10.5. The molecule has 1 heteroatoms. The summed E-state index contributed by atoms with van der Waals surface area (Å²) in [5, 5.41) is 0. The van der Waals surface area contributed by atoms with Gasteiger partial charge in [0, 0.05) is 12.4 Å². The van der Waals surface area contributed by atoms with Crippen molar-refractivity contribution in [3.8, 4) is 0 Å². The van der Waals surface area contributed by atoms with Gasteiger partial charge in [0.05, 0.1) is 0 Å². The van der Waals surface area contributed by atoms with Crippen molar-refractivity contribution in [2.75, 3.05) is 0 Å². The zero-order chi connectivity index (χ0) is 16.0. The molecule has 1 atom stereocenters. The molecular formula is C23H32N. The fourth-order valence-corrected chi connectivity index (χ4v) is 6.99. The first-order valence-electron chi connectivity index (χ1n) is 10.5. The average molecular weight is 323 g/mol. The molecule has 1 aromatic heterocycles. The molecule has 24 heavy (non-hydrogen) atoms. The van der Waals surface area contributed by atoms with E-state index in [1.54, 1.807) is 44.9 Å². The van der Waals surface area contributed by atoms with E-state index in [0.717, 1.165) is 35.0 Å². The van der Waals surface area contributed by atoms with Crippen LogP contribution in [0.5, 0.6) is 0 Å². The molecule has 0 spiro atoms. The number of nitrogens with zero attached hydrogens (tertiary/aromatic N) is 1. The van der Waals surface area contributed by atoms with Crippen molar-refractivity contribution in [2.45, 2.75) is 70.6 Å². The van der Waals surface area contributed by atoms with Gasteiger partial charge in [-0.2, -0.15) is 0 Å². The minimum Gasteiger partial charge on any atom is -0.265 e. The Labute approximate surface area is 147 Å². The Morgan fingerprint density at radius 3 is 2.21 bits per heavy atom. The summed E-state index contributed by atoms with van der Waals surface area (Å²) in [5.74, 6) is 5.32. The summed E-state index contributed by atoms with van der Waals surface area (Å²) in [6, 6.07) is 4.31. The van der Waals surface area contributed by atoms with Crippen molar-refractivity contribution >= 4 is 0 Å². The third-order valence-corrected chi connectivity index (χ3v) is 7.86. The SMILES string of the molecule is [CH](CC(CCC12CC3CC(CC(C3)C1)C2)C1CC1)c1ccncc1. The Balaban J connectivity index is 1.20. The highest BCUT2D eigenvalue weighted by Crippen LogP contribution is 2.62. The second kappa shape index (κ2) is 6.15. The van der Waals surface area contributed by atoms with Gasteiger partial charge in [-0.25, -0.2) is 0 Å². The molecule has 5 saturated carbocycles. The van der Waals surface area contributed by atoms with Crippen LogP contribution in [-0.2, 0) is 0 Å². The second-order valence-electron chi connectivity index (χ2n) is 9.77. The quantitative estimate of drug-likeness (QED) is 0.595. The molecule has 6 rings (SSSR count). The van der Waals surface area contributed by atoms with Crippen LogP contribution in [0.2, 0.25) is 0 Å². The van der Waals surface area contributed by atoms with E-state index >= 15 is 0 Å². The van der Waals surface area contributed by atoms with Crippen LogP contribution in [0.25, 0.3) is 0 Å². The van der Waals surface area contributed by atoms with Gasteiger partial charge in [-0.3, -0.25) is 4.98 Å². The number of pyridine rings is 1. The van der Waals surface area contributed by atoms with Crippen LogP contribution < -0.4 is 0 Å². The summed E-state index contributed by atoms with van der Waals surface area (Å²) < 4.78 is 0. The number of aromatic nitrogens is 1. The lowest BCUT2D eigenvalue weighted by molar-refractivity contribution is -0.0603. The third-order valence-electron chi connectivity index (χ3n) is 7.86. The van der Waals surface area contributed by atoms with Crippen molar-refractivity contribution in [2.24, 2.45) is 35.0 Å². The van der Waals surface area contributed by atoms with Crippen molar-refractivity contribution in [3.05, 3.63) is 36.5 Å². The number of hydrogen-bond donors (Lipinski definition) is 0. The van der Waals surface area contributed by atoms with Crippen molar-refractivity contribution in [1.82, 2.24) is 4.98 Å². The molecule has 0 amide bonds. The van der Waals surface area contributed by atoms with Gasteiger partial charge in [0.15, 0.2) is 0 Å². The monoisotopic (exact) mass is 322 g/mol. The van der Waals surface area contributed by atoms with Gasteiger partial charge in [0.25, 0.3) is 0 Å². The van der Waals surface area contributed by atoms with E-state index in [1.165, 1.54) is 31.2 Å². The number of hydrogen-bond acceptors (Lipinski definition) is 1. The van der Waals surface area contributed by atoms with Gasteiger partial charge in [0.2, 0.25) is 0 Å². The van der Waals surface area contributed by atoms with E-state index in [9.17, 15) is 0 Å². The molecule has 5 aliphatic carbocycles.